The maximum atomic E-state index is 12.4. The van der Waals surface area contributed by atoms with Crippen molar-refractivity contribution in [3.05, 3.63) is 53.5 Å². The Morgan fingerprint density at radius 1 is 1.14 bits per heavy atom. The third kappa shape index (κ3) is 3.29. The monoisotopic (exact) mass is 289 g/mol. The predicted molar refractivity (Wildman–Crippen MR) is 75.6 cm³/mol. The molecule has 2 N–H and O–H groups in total. The van der Waals surface area contributed by atoms with Gasteiger partial charge >= 0.3 is 5.97 Å². The summed E-state index contributed by atoms with van der Waals surface area (Å²) >= 11 is 0. The van der Waals surface area contributed by atoms with Crippen molar-refractivity contribution in [2.75, 3.05) is 18.1 Å². The van der Waals surface area contributed by atoms with Crippen molar-refractivity contribution in [1.29, 1.82) is 0 Å². The minimum Gasteiger partial charge on any atom is -0.478 e. The molecule has 0 saturated heterocycles. The number of hydrogen-bond acceptors (Lipinski definition) is 4. The Kier molecular flexibility index (Phi) is 4.39. The van der Waals surface area contributed by atoms with E-state index in [-0.39, 0.29) is 30.4 Å². The third-order valence-corrected chi connectivity index (χ3v) is 2.95. The highest BCUT2D eigenvalue weighted by atomic mass is 16.4. The van der Waals surface area contributed by atoms with Crippen molar-refractivity contribution in [2.45, 2.75) is 6.92 Å². The van der Waals surface area contributed by atoms with E-state index in [9.17, 15) is 9.59 Å². The van der Waals surface area contributed by atoms with Gasteiger partial charge in [-0.25, -0.2) is 4.79 Å². The molecule has 6 nitrogen and oxygen atoms in total. The number of benzene rings is 1. The Bertz CT molecular complexity index is 644. The van der Waals surface area contributed by atoms with E-state index in [0.29, 0.717) is 11.4 Å². The van der Waals surface area contributed by atoms with Gasteiger partial charge in [-0.05, 0) is 43.3 Å². The van der Waals surface area contributed by atoms with Crippen LogP contribution in [0.25, 0.3) is 0 Å². The third-order valence-electron chi connectivity index (χ3n) is 2.95. The van der Waals surface area contributed by atoms with Gasteiger partial charge in [-0.3, -0.25) is 4.79 Å². The van der Waals surface area contributed by atoms with Crippen LogP contribution < -0.4 is 4.90 Å². The Morgan fingerprint density at radius 3 is 2.29 bits per heavy atom. The van der Waals surface area contributed by atoms with Gasteiger partial charge in [0.25, 0.3) is 5.91 Å². The van der Waals surface area contributed by atoms with Crippen molar-refractivity contribution in [2.24, 2.45) is 0 Å². The molecular formula is C15H15NO5. The van der Waals surface area contributed by atoms with Crippen molar-refractivity contribution in [1.82, 2.24) is 0 Å². The number of rotatable bonds is 5. The number of aliphatic hydroxyl groups is 1. The maximum absolute atomic E-state index is 12.4. The summed E-state index contributed by atoms with van der Waals surface area (Å²) in [6.07, 6.45) is 0. The van der Waals surface area contributed by atoms with Gasteiger partial charge in [0.1, 0.15) is 5.76 Å². The maximum Gasteiger partial charge on any atom is 0.335 e. The predicted octanol–water partition coefficient (Wildman–Crippen LogP) is 1.93. The summed E-state index contributed by atoms with van der Waals surface area (Å²) in [6, 6.07) is 9.09. The number of aryl methyl sites for hydroxylation is 1. The molecule has 0 aliphatic rings. The van der Waals surface area contributed by atoms with Crippen molar-refractivity contribution < 1.29 is 24.2 Å². The number of aliphatic hydroxyl groups excluding tert-OH is 1. The number of carbonyl (C=O) groups is 2. The second kappa shape index (κ2) is 6.23. The molecule has 110 valence electrons. The molecule has 2 rings (SSSR count). The molecular weight excluding hydrogens is 274 g/mol. The Morgan fingerprint density at radius 2 is 1.81 bits per heavy atom. The molecule has 6 heteroatoms. The van der Waals surface area contributed by atoms with E-state index >= 15 is 0 Å². The second-order valence-corrected chi connectivity index (χ2v) is 4.44. The summed E-state index contributed by atoms with van der Waals surface area (Å²) in [5, 5.41) is 18.0. The van der Waals surface area contributed by atoms with E-state index in [4.69, 9.17) is 14.6 Å². The molecule has 1 amide bonds. The van der Waals surface area contributed by atoms with E-state index < -0.39 is 5.97 Å². The van der Waals surface area contributed by atoms with Crippen LogP contribution in [0.5, 0.6) is 0 Å². The zero-order valence-electron chi connectivity index (χ0n) is 11.4. The summed E-state index contributed by atoms with van der Waals surface area (Å²) in [4.78, 5) is 24.5. The molecule has 0 aliphatic heterocycles. The van der Waals surface area contributed by atoms with E-state index in [2.05, 4.69) is 0 Å². The number of carbonyl (C=O) groups excluding carboxylic acids is 1. The number of furan rings is 1. The van der Waals surface area contributed by atoms with Crippen LogP contribution >= 0.6 is 0 Å². The number of amides is 1. The smallest absolute Gasteiger partial charge is 0.335 e. The highest BCUT2D eigenvalue weighted by Crippen LogP contribution is 2.19. The van der Waals surface area contributed by atoms with E-state index in [0.717, 1.165) is 0 Å². The normalized spacial score (nSPS) is 10.4. The van der Waals surface area contributed by atoms with E-state index in [1.165, 1.54) is 29.2 Å². The lowest BCUT2D eigenvalue weighted by Crippen LogP contribution is -2.33. The highest BCUT2D eigenvalue weighted by Gasteiger charge is 2.20. The molecule has 2 aromatic rings. The highest BCUT2D eigenvalue weighted by molar-refractivity contribution is 6.04. The minimum atomic E-state index is -1.04. The number of hydrogen-bond donors (Lipinski definition) is 2. The Labute approximate surface area is 121 Å². The summed E-state index contributed by atoms with van der Waals surface area (Å²) < 4.78 is 5.29. The molecule has 0 spiro atoms. The molecule has 0 unspecified atom stereocenters. The summed E-state index contributed by atoms with van der Waals surface area (Å²) in [7, 11) is 0. The van der Waals surface area contributed by atoms with Gasteiger partial charge in [-0.15, -0.1) is 0 Å². The van der Waals surface area contributed by atoms with Crippen LogP contribution in [-0.4, -0.2) is 35.2 Å². The Hall–Kier alpha value is -2.60. The average molecular weight is 289 g/mol. The molecule has 0 bridgehead atoms. The lowest BCUT2D eigenvalue weighted by atomic mass is 10.2. The molecule has 1 aromatic heterocycles. The van der Waals surface area contributed by atoms with Gasteiger partial charge in [-0.2, -0.15) is 0 Å². The molecule has 1 heterocycles. The van der Waals surface area contributed by atoms with Gasteiger partial charge < -0.3 is 19.5 Å². The topological polar surface area (TPSA) is 91.0 Å². The van der Waals surface area contributed by atoms with Crippen molar-refractivity contribution in [3.8, 4) is 0 Å². The van der Waals surface area contributed by atoms with Gasteiger partial charge in [0.2, 0.25) is 0 Å². The first-order chi connectivity index (χ1) is 10.0. The van der Waals surface area contributed by atoms with Crippen molar-refractivity contribution >= 4 is 17.6 Å². The van der Waals surface area contributed by atoms with Crippen LogP contribution in [0.3, 0.4) is 0 Å². The standard InChI is InChI=1S/C15H15NO5/c1-10-2-7-13(21-10)14(18)16(8-9-17)12-5-3-11(4-6-12)15(19)20/h2-7,17H,8-9H2,1H3,(H,19,20). The Balaban J connectivity index is 2.29. The second-order valence-electron chi connectivity index (χ2n) is 4.44. The zero-order valence-corrected chi connectivity index (χ0v) is 11.4. The molecule has 1 aromatic carbocycles. The van der Waals surface area contributed by atoms with E-state index in [1.807, 2.05) is 0 Å². The first kappa shape index (κ1) is 14.8. The number of anilines is 1. The van der Waals surface area contributed by atoms with Gasteiger partial charge in [0.05, 0.1) is 12.2 Å². The first-order valence-corrected chi connectivity index (χ1v) is 6.35. The van der Waals surface area contributed by atoms with Crippen molar-refractivity contribution in [3.63, 3.8) is 0 Å². The molecule has 0 radical (unpaired) electrons. The molecule has 0 saturated carbocycles. The quantitative estimate of drug-likeness (QED) is 0.877. The lowest BCUT2D eigenvalue weighted by molar-refractivity contribution is 0.0696. The van der Waals surface area contributed by atoms with Crippen LogP contribution in [0.15, 0.2) is 40.8 Å². The molecule has 0 aliphatic carbocycles. The van der Waals surface area contributed by atoms with Crippen LogP contribution in [0.4, 0.5) is 5.69 Å². The number of aromatic carboxylic acids is 1. The fourth-order valence-corrected chi connectivity index (χ4v) is 1.91. The largest absolute Gasteiger partial charge is 0.478 e. The van der Waals surface area contributed by atoms with Gasteiger partial charge in [0, 0.05) is 12.2 Å². The summed E-state index contributed by atoms with van der Waals surface area (Å²) in [6.45, 7) is 1.60. The number of nitrogens with zero attached hydrogens (tertiary/aromatic N) is 1. The van der Waals surface area contributed by atoms with Crippen LogP contribution in [0.1, 0.15) is 26.7 Å². The van der Waals surface area contributed by atoms with Gasteiger partial charge in [-0.1, -0.05) is 0 Å². The van der Waals surface area contributed by atoms with Crippen LogP contribution in [-0.2, 0) is 0 Å². The fraction of sp³-hybridized carbons (Fsp3) is 0.200. The van der Waals surface area contributed by atoms with Crippen LogP contribution in [0, 0.1) is 6.92 Å². The lowest BCUT2D eigenvalue weighted by Gasteiger charge is -2.20. The average Bonchev–Trinajstić information content (AvgIpc) is 2.91. The summed E-state index contributed by atoms with van der Waals surface area (Å²) in [5.74, 6) is -0.643. The van der Waals surface area contributed by atoms with Crippen LogP contribution in [0.2, 0.25) is 0 Å². The fourth-order valence-electron chi connectivity index (χ4n) is 1.91. The molecule has 0 atom stereocenters. The summed E-state index contributed by atoms with van der Waals surface area (Å²) in [5.41, 5.74) is 0.622. The molecule has 21 heavy (non-hydrogen) atoms. The molecule has 0 fully saturated rings. The number of carboxylic acids is 1. The SMILES string of the molecule is Cc1ccc(C(=O)N(CCO)c2ccc(C(=O)O)cc2)o1. The van der Waals surface area contributed by atoms with E-state index in [1.54, 1.807) is 19.1 Å². The van der Waals surface area contributed by atoms with Gasteiger partial charge in [0.15, 0.2) is 5.76 Å². The number of carboxylic acid groups (broad SMARTS) is 1. The minimum absolute atomic E-state index is 0.0883. The zero-order chi connectivity index (χ0) is 15.4. The first-order valence-electron chi connectivity index (χ1n) is 6.35.